The number of rotatable bonds is 3. The van der Waals surface area contributed by atoms with Gasteiger partial charge in [-0.05, 0) is 0 Å². The van der Waals surface area contributed by atoms with Gasteiger partial charge < -0.3 is 4.74 Å². The molecule has 0 aliphatic carbocycles. The molecule has 0 N–H and O–H groups in total. The van der Waals surface area contributed by atoms with Gasteiger partial charge in [-0.1, -0.05) is 11.6 Å². The molecule has 0 bridgehead atoms. The smallest absolute Gasteiger partial charge is 0.355 e. The Morgan fingerprint density at radius 3 is 2.57 bits per heavy atom. The highest BCUT2D eigenvalue weighted by Crippen LogP contribution is 2.31. The molecule has 0 aliphatic rings. The van der Waals surface area contributed by atoms with Crippen LogP contribution in [-0.2, 0) is 4.84 Å². The molecule has 76 valence electrons. The number of methoxy groups -OCH3 is 1. The molecular formula is C8H8ClFNO3+. The van der Waals surface area contributed by atoms with Crippen molar-refractivity contribution in [3.8, 4) is 5.75 Å². The summed E-state index contributed by atoms with van der Waals surface area (Å²) in [6.45, 7) is 0. The van der Waals surface area contributed by atoms with E-state index in [9.17, 15) is 9.30 Å². The molecule has 0 saturated heterocycles. The van der Waals surface area contributed by atoms with Crippen molar-refractivity contribution in [3.63, 3.8) is 0 Å². The lowest BCUT2D eigenvalue weighted by Gasteiger charge is -2.01. The molecule has 0 heterocycles. The fraction of sp³-hybridized carbons (Fsp3) is 0.250. The van der Waals surface area contributed by atoms with E-state index in [0.717, 1.165) is 19.2 Å². The van der Waals surface area contributed by atoms with Crippen LogP contribution >= 0.6 is 11.6 Å². The monoisotopic (exact) mass is 220 g/mol. The van der Waals surface area contributed by atoms with Crippen molar-refractivity contribution in [2.75, 3.05) is 14.2 Å². The molecule has 1 rings (SSSR count). The Morgan fingerprint density at radius 2 is 2.07 bits per heavy atom. The van der Waals surface area contributed by atoms with Gasteiger partial charge in [0.05, 0.1) is 23.1 Å². The van der Waals surface area contributed by atoms with Crippen LogP contribution in [0, 0.1) is 10.7 Å². The van der Waals surface area contributed by atoms with Crippen LogP contribution in [0.2, 0.25) is 5.02 Å². The highest BCUT2D eigenvalue weighted by atomic mass is 35.5. The highest BCUT2D eigenvalue weighted by molar-refractivity contribution is 6.32. The minimum absolute atomic E-state index is 0.0359. The first-order chi connectivity index (χ1) is 6.60. The minimum atomic E-state index is -0.771. The van der Waals surface area contributed by atoms with Crippen molar-refractivity contribution in [2.24, 2.45) is 0 Å². The number of benzene rings is 1. The van der Waals surface area contributed by atoms with Gasteiger partial charge in [-0.25, -0.2) is 4.84 Å². The largest absolute Gasteiger partial charge is 0.495 e. The quantitative estimate of drug-likeness (QED) is 0.735. The number of hydrogen-bond acceptors (Lipinski definition) is 3. The van der Waals surface area contributed by atoms with E-state index in [1.165, 1.54) is 7.11 Å². The SMILES string of the molecule is COc1cc([N+](=O)OC)c(F)cc1Cl. The first kappa shape index (κ1) is 10.7. The first-order valence-electron chi connectivity index (χ1n) is 3.64. The summed E-state index contributed by atoms with van der Waals surface area (Å²) in [6, 6.07) is 2.15. The Labute approximate surface area is 84.7 Å². The van der Waals surface area contributed by atoms with Gasteiger partial charge in [0.25, 0.3) is 4.92 Å². The molecule has 0 unspecified atom stereocenters. The fourth-order valence-corrected chi connectivity index (χ4v) is 1.14. The average Bonchev–Trinajstić information content (AvgIpc) is 2.17. The molecule has 0 aromatic heterocycles. The standard InChI is InChI=1S/C8H8ClFNO3/c1-13-8-4-7(11(12)14-2)6(10)3-5(8)9/h3-4H,1-2H3/q+1. The Morgan fingerprint density at radius 1 is 1.43 bits per heavy atom. The molecule has 6 heteroatoms. The normalized spacial score (nSPS) is 9.71. The van der Waals surface area contributed by atoms with Gasteiger partial charge in [-0.3, -0.25) is 0 Å². The number of hydrogen-bond donors (Lipinski definition) is 0. The van der Waals surface area contributed by atoms with Crippen LogP contribution in [0.5, 0.6) is 5.75 Å². The van der Waals surface area contributed by atoms with Crippen molar-refractivity contribution in [1.29, 1.82) is 0 Å². The maximum absolute atomic E-state index is 13.1. The van der Waals surface area contributed by atoms with Gasteiger partial charge in [-0.15, -0.1) is 0 Å². The molecule has 0 aliphatic heterocycles. The Hall–Kier alpha value is -1.36. The zero-order valence-corrected chi connectivity index (χ0v) is 8.34. The zero-order chi connectivity index (χ0) is 10.7. The molecule has 0 saturated carbocycles. The lowest BCUT2D eigenvalue weighted by molar-refractivity contribution is -0.737. The summed E-state index contributed by atoms with van der Waals surface area (Å²) >= 11 is 5.62. The van der Waals surface area contributed by atoms with E-state index >= 15 is 0 Å². The van der Waals surface area contributed by atoms with E-state index in [-0.39, 0.29) is 21.4 Å². The van der Waals surface area contributed by atoms with Crippen molar-refractivity contribution in [3.05, 3.63) is 27.9 Å². The van der Waals surface area contributed by atoms with E-state index in [4.69, 9.17) is 16.3 Å². The Balaban J connectivity index is 3.24. The van der Waals surface area contributed by atoms with Crippen molar-refractivity contribution >= 4 is 17.3 Å². The summed E-state index contributed by atoms with van der Waals surface area (Å²) in [4.78, 5) is 15.3. The summed E-state index contributed by atoms with van der Waals surface area (Å²) in [5.41, 5.74) is -0.284. The van der Waals surface area contributed by atoms with Gasteiger partial charge in [0.1, 0.15) is 5.75 Å². The summed E-state index contributed by atoms with van der Waals surface area (Å²) in [5.74, 6) is -0.561. The second kappa shape index (κ2) is 4.23. The number of halogens is 2. The van der Waals surface area contributed by atoms with E-state index < -0.39 is 5.82 Å². The van der Waals surface area contributed by atoms with Crippen LogP contribution in [0.3, 0.4) is 0 Å². The molecule has 0 radical (unpaired) electrons. The second-order valence-electron chi connectivity index (χ2n) is 2.38. The molecule has 1 aromatic carbocycles. The Kier molecular flexibility index (Phi) is 3.24. The van der Waals surface area contributed by atoms with Crippen molar-refractivity contribution < 1.29 is 18.9 Å². The number of ether oxygens (including phenoxy) is 1. The van der Waals surface area contributed by atoms with Gasteiger partial charge >= 0.3 is 5.69 Å². The summed E-state index contributed by atoms with van der Waals surface area (Å²) in [5, 5.41) is 0.0956. The molecular weight excluding hydrogens is 213 g/mol. The number of nitrogens with zero attached hydrogens (tertiary/aromatic N) is 1. The van der Waals surface area contributed by atoms with Gasteiger partial charge in [0, 0.05) is 6.07 Å². The lowest BCUT2D eigenvalue weighted by atomic mass is 10.3. The fourth-order valence-electron chi connectivity index (χ4n) is 0.913. The van der Waals surface area contributed by atoms with E-state index in [1.807, 2.05) is 0 Å². The van der Waals surface area contributed by atoms with Crippen LogP contribution in [0.4, 0.5) is 10.1 Å². The molecule has 14 heavy (non-hydrogen) atoms. The first-order valence-corrected chi connectivity index (χ1v) is 4.02. The summed E-state index contributed by atoms with van der Waals surface area (Å²) in [6.07, 6.45) is 0. The van der Waals surface area contributed by atoms with Crippen LogP contribution in [0.25, 0.3) is 0 Å². The zero-order valence-electron chi connectivity index (χ0n) is 7.58. The van der Waals surface area contributed by atoms with E-state index in [2.05, 4.69) is 4.84 Å². The second-order valence-corrected chi connectivity index (χ2v) is 2.79. The molecule has 0 fully saturated rings. The van der Waals surface area contributed by atoms with Gasteiger partial charge in [0.2, 0.25) is 5.82 Å². The minimum Gasteiger partial charge on any atom is -0.495 e. The maximum atomic E-state index is 13.1. The van der Waals surface area contributed by atoms with E-state index in [1.54, 1.807) is 0 Å². The van der Waals surface area contributed by atoms with Crippen molar-refractivity contribution in [1.82, 2.24) is 0 Å². The Bertz CT molecular complexity index is 370. The average molecular weight is 221 g/mol. The van der Waals surface area contributed by atoms with Crippen molar-refractivity contribution in [2.45, 2.75) is 0 Å². The lowest BCUT2D eigenvalue weighted by Crippen LogP contribution is -2.01. The van der Waals surface area contributed by atoms with Crippen LogP contribution in [0.1, 0.15) is 0 Å². The highest BCUT2D eigenvalue weighted by Gasteiger charge is 2.24. The molecule has 0 atom stereocenters. The summed E-state index contributed by atoms with van der Waals surface area (Å²) < 4.78 is 18.0. The van der Waals surface area contributed by atoms with Crippen LogP contribution in [0.15, 0.2) is 12.1 Å². The summed E-state index contributed by atoms with van der Waals surface area (Å²) in [7, 11) is 2.50. The maximum Gasteiger partial charge on any atom is 0.355 e. The third kappa shape index (κ3) is 1.93. The third-order valence-electron chi connectivity index (χ3n) is 1.58. The molecule has 0 amide bonds. The molecule has 0 spiro atoms. The molecule has 4 nitrogen and oxygen atoms in total. The topological polar surface area (TPSA) is 38.5 Å². The van der Waals surface area contributed by atoms with Crippen LogP contribution in [-0.4, -0.2) is 19.1 Å². The third-order valence-corrected chi connectivity index (χ3v) is 1.88. The van der Waals surface area contributed by atoms with Gasteiger partial charge in [-0.2, -0.15) is 4.39 Å². The predicted octanol–water partition coefficient (Wildman–Crippen LogP) is 2.46. The van der Waals surface area contributed by atoms with Gasteiger partial charge in [0.15, 0.2) is 7.11 Å². The predicted molar refractivity (Wildman–Crippen MR) is 48.3 cm³/mol. The molecule has 1 aromatic rings. The van der Waals surface area contributed by atoms with Crippen LogP contribution < -0.4 is 4.74 Å². The van der Waals surface area contributed by atoms with E-state index in [0.29, 0.717) is 0 Å².